The maximum atomic E-state index is 13.7. The highest BCUT2D eigenvalue weighted by Crippen LogP contribution is 2.37. The zero-order valence-corrected chi connectivity index (χ0v) is 22.9. The number of imide groups is 1. The fourth-order valence-corrected chi connectivity index (χ4v) is 5.88. The minimum Gasteiger partial charge on any atom is -0.379 e. The molecule has 3 aliphatic rings. The van der Waals surface area contributed by atoms with Crippen LogP contribution in [0, 0.1) is 5.92 Å². The SMILES string of the molecule is COC1CC2C(=O)N(Cc3ccc(C(=O)N4CCCCC4)cc3)C(=O)N(CC(=O)NC(C)C)C2CC1OC. The van der Waals surface area contributed by atoms with Crippen molar-refractivity contribution in [3.05, 3.63) is 35.4 Å². The second kappa shape index (κ2) is 12.3. The number of nitrogens with one attached hydrogen (secondary N) is 1. The molecule has 10 nitrogen and oxygen atoms in total. The first-order valence-electron chi connectivity index (χ1n) is 13.6. The van der Waals surface area contributed by atoms with Crippen LogP contribution < -0.4 is 5.32 Å². The van der Waals surface area contributed by atoms with E-state index in [4.69, 9.17) is 9.47 Å². The highest BCUT2D eigenvalue weighted by Gasteiger charge is 2.52. The van der Waals surface area contributed by atoms with Crippen molar-refractivity contribution in [2.45, 2.75) is 76.8 Å². The summed E-state index contributed by atoms with van der Waals surface area (Å²) in [5.41, 5.74) is 1.33. The molecule has 1 aromatic rings. The second-order valence-corrected chi connectivity index (χ2v) is 10.8. The quantitative estimate of drug-likeness (QED) is 0.555. The van der Waals surface area contributed by atoms with Gasteiger partial charge in [-0.1, -0.05) is 12.1 Å². The molecule has 0 aromatic heterocycles. The van der Waals surface area contributed by atoms with Crippen LogP contribution in [-0.4, -0.2) is 96.6 Å². The van der Waals surface area contributed by atoms with Gasteiger partial charge in [0.2, 0.25) is 11.8 Å². The van der Waals surface area contributed by atoms with Gasteiger partial charge in [-0.3, -0.25) is 19.3 Å². The van der Waals surface area contributed by atoms with Crippen LogP contribution in [0.1, 0.15) is 61.9 Å². The molecule has 0 bridgehead atoms. The summed E-state index contributed by atoms with van der Waals surface area (Å²) in [4.78, 5) is 57.4. The Hall–Kier alpha value is -2.98. The lowest BCUT2D eigenvalue weighted by Crippen LogP contribution is -2.66. The number of likely N-dealkylation sites (tertiary alicyclic amines) is 1. The number of fused-ring (bicyclic) bond motifs is 1. The molecule has 2 heterocycles. The van der Waals surface area contributed by atoms with Crippen molar-refractivity contribution in [1.29, 1.82) is 0 Å². The Bertz CT molecular complexity index is 1020. The molecule has 38 heavy (non-hydrogen) atoms. The van der Waals surface area contributed by atoms with E-state index in [9.17, 15) is 19.2 Å². The Labute approximate surface area is 224 Å². The number of methoxy groups -OCH3 is 2. The molecule has 1 aliphatic carbocycles. The molecule has 4 rings (SSSR count). The van der Waals surface area contributed by atoms with E-state index >= 15 is 0 Å². The lowest BCUT2D eigenvalue weighted by Gasteiger charge is -2.49. The number of hydrogen-bond donors (Lipinski definition) is 1. The van der Waals surface area contributed by atoms with Crippen molar-refractivity contribution in [3.8, 4) is 0 Å². The lowest BCUT2D eigenvalue weighted by atomic mass is 9.78. The summed E-state index contributed by atoms with van der Waals surface area (Å²) in [6, 6.07) is 6.08. The van der Waals surface area contributed by atoms with E-state index in [1.165, 1.54) is 9.80 Å². The zero-order chi connectivity index (χ0) is 27.4. The summed E-state index contributed by atoms with van der Waals surface area (Å²) in [6.07, 6.45) is 3.43. The van der Waals surface area contributed by atoms with Crippen LogP contribution in [-0.2, 0) is 25.6 Å². The Morgan fingerprint density at radius 1 is 0.974 bits per heavy atom. The number of nitrogens with zero attached hydrogens (tertiary/aromatic N) is 3. The van der Waals surface area contributed by atoms with Gasteiger partial charge in [0.05, 0.1) is 24.7 Å². The monoisotopic (exact) mass is 528 g/mol. The average molecular weight is 529 g/mol. The highest BCUT2D eigenvalue weighted by atomic mass is 16.5. The number of rotatable bonds is 8. The lowest BCUT2D eigenvalue weighted by molar-refractivity contribution is -0.153. The fraction of sp³-hybridized carbons (Fsp3) is 0.643. The Kier molecular flexibility index (Phi) is 9.04. The number of carbonyl (C=O) groups is 4. The topological polar surface area (TPSA) is 108 Å². The molecule has 1 saturated carbocycles. The summed E-state index contributed by atoms with van der Waals surface area (Å²) in [7, 11) is 3.18. The van der Waals surface area contributed by atoms with E-state index in [0.29, 0.717) is 18.4 Å². The van der Waals surface area contributed by atoms with Crippen LogP contribution in [0.2, 0.25) is 0 Å². The van der Waals surface area contributed by atoms with E-state index < -0.39 is 18.0 Å². The van der Waals surface area contributed by atoms with Gasteiger partial charge in [0.25, 0.3) is 5.91 Å². The van der Waals surface area contributed by atoms with E-state index in [2.05, 4.69) is 5.32 Å². The summed E-state index contributed by atoms with van der Waals surface area (Å²) in [5.74, 6) is -1.04. The van der Waals surface area contributed by atoms with Crippen LogP contribution in [0.5, 0.6) is 0 Å². The fourth-order valence-electron chi connectivity index (χ4n) is 5.88. The number of piperidine rings is 1. The van der Waals surface area contributed by atoms with Crippen molar-refractivity contribution in [3.63, 3.8) is 0 Å². The predicted molar refractivity (Wildman–Crippen MR) is 140 cm³/mol. The molecule has 0 radical (unpaired) electrons. The molecular formula is C28H40N4O6. The first kappa shape index (κ1) is 28.0. The molecule has 2 saturated heterocycles. The number of urea groups is 1. The van der Waals surface area contributed by atoms with Crippen LogP contribution in [0.25, 0.3) is 0 Å². The Balaban J connectivity index is 1.54. The van der Waals surface area contributed by atoms with Crippen LogP contribution in [0.15, 0.2) is 24.3 Å². The smallest absolute Gasteiger partial charge is 0.327 e. The normalized spacial score (nSPS) is 26.0. The van der Waals surface area contributed by atoms with Crippen molar-refractivity contribution in [2.24, 2.45) is 5.92 Å². The van der Waals surface area contributed by atoms with Crippen LogP contribution >= 0.6 is 0 Å². The maximum Gasteiger partial charge on any atom is 0.327 e. The highest BCUT2D eigenvalue weighted by molar-refractivity contribution is 6.00. The number of ether oxygens (including phenoxy) is 2. The summed E-state index contributed by atoms with van der Waals surface area (Å²) < 4.78 is 11.2. The molecule has 4 unspecified atom stereocenters. The first-order chi connectivity index (χ1) is 18.2. The van der Waals surface area contributed by atoms with Gasteiger partial charge in [0.15, 0.2) is 0 Å². The van der Waals surface area contributed by atoms with Gasteiger partial charge in [0.1, 0.15) is 6.54 Å². The van der Waals surface area contributed by atoms with Gasteiger partial charge in [0, 0.05) is 45.0 Å². The summed E-state index contributed by atoms with van der Waals surface area (Å²) in [6.45, 7) is 5.18. The van der Waals surface area contributed by atoms with Gasteiger partial charge in [-0.2, -0.15) is 0 Å². The van der Waals surface area contributed by atoms with E-state index in [1.807, 2.05) is 18.7 Å². The molecule has 3 fully saturated rings. The third-order valence-corrected chi connectivity index (χ3v) is 7.85. The van der Waals surface area contributed by atoms with Crippen LogP contribution in [0.3, 0.4) is 0 Å². The minimum absolute atomic E-state index is 0.00654. The molecule has 4 atom stereocenters. The molecule has 1 N–H and O–H groups in total. The number of hydrogen-bond acceptors (Lipinski definition) is 6. The molecule has 1 aromatic carbocycles. The molecule has 2 aliphatic heterocycles. The number of benzene rings is 1. The van der Waals surface area contributed by atoms with Crippen molar-refractivity contribution < 1.29 is 28.7 Å². The third-order valence-electron chi connectivity index (χ3n) is 7.85. The number of carbonyl (C=O) groups excluding carboxylic acids is 4. The maximum absolute atomic E-state index is 13.7. The van der Waals surface area contributed by atoms with Crippen molar-refractivity contribution in [1.82, 2.24) is 20.0 Å². The predicted octanol–water partition coefficient (Wildman–Crippen LogP) is 2.41. The largest absolute Gasteiger partial charge is 0.379 e. The molecule has 5 amide bonds. The minimum atomic E-state index is -0.504. The molecular weight excluding hydrogens is 488 g/mol. The summed E-state index contributed by atoms with van der Waals surface area (Å²) in [5, 5.41) is 2.84. The van der Waals surface area contributed by atoms with Crippen LogP contribution in [0.4, 0.5) is 4.79 Å². The Morgan fingerprint density at radius 3 is 2.21 bits per heavy atom. The third kappa shape index (κ3) is 6.02. The Morgan fingerprint density at radius 2 is 1.61 bits per heavy atom. The van der Waals surface area contributed by atoms with Crippen molar-refractivity contribution >= 4 is 23.8 Å². The van der Waals surface area contributed by atoms with Crippen molar-refractivity contribution in [2.75, 3.05) is 33.9 Å². The molecule has 208 valence electrons. The van der Waals surface area contributed by atoms with E-state index in [0.717, 1.165) is 37.9 Å². The van der Waals surface area contributed by atoms with Gasteiger partial charge in [-0.05, 0) is 63.6 Å². The van der Waals surface area contributed by atoms with Gasteiger partial charge >= 0.3 is 6.03 Å². The van der Waals surface area contributed by atoms with Gasteiger partial charge in [-0.25, -0.2) is 4.79 Å². The average Bonchev–Trinajstić information content (AvgIpc) is 2.92. The molecule has 10 heteroatoms. The van der Waals surface area contributed by atoms with Gasteiger partial charge < -0.3 is 24.6 Å². The van der Waals surface area contributed by atoms with Gasteiger partial charge in [-0.15, -0.1) is 0 Å². The zero-order valence-electron chi connectivity index (χ0n) is 22.9. The standard InChI is InChI=1S/C28H40N4O6/c1-18(2)29-25(33)17-31-22-15-24(38-4)23(37-3)14-21(22)27(35)32(28(31)36)16-19-8-10-20(11-9-19)26(34)30-12-6-5-7-13-30/h8-11,18,21-24H,5-7,12-17H2,1-4H3,(H,29,33). The second-order valence-electron chi connectivity index (χ2n) is 10.8. The van der Waals surface area contributed by atoms with E-state index in [-0.39, 0.29) is 49.1 Å². The first-order valence-corrected chi connectivity index (χ1v) is 13.6. The number of amides is 5. The molecule has 0 spiro atoms. The summed E-state index contributed by atoms with van der Waals surface area (Å²) >= 11 is 0. The van der Waals surface area contributed by atoms with E-state index in [1.54, 1.807) is 38.5 Å².